The van der Waals surface area contributed by atoms with E-state index in [2.05, 4.69) is 0 Å². The molecule has 156 valence electrons. The summed E-state index contributed by atoms with van der Waals surface area (Å²) in [5.41, 5.74) is 2.14. The van der Waals surface area contributed by atoms with Crippen LogP contribution < -0.4 is 4.74 Å². The number of carbonyl (C=O) groups excluding carboxylic acids is 1. The van der Waals surface area contributed by atoms with Crippen LogP contribution in [0.3, 0.4) is 0 Å². The first kappa shape index (κ1) is 21.3. The van der Waals surface area contributed by atoms with Gasteiger partial charge in [0.05, 0.1) is 4.90 Å². The van der Waals surface area contributed by atoms with Crippen LogP contribution >= 0.6 is 0 Å². The van der Waals surface area contributed by atoms with E-state index in [0.29, 0.717) is 25.3 Å². The van der Waals surface area contributed by atoms with E-state index in [1.54, 1.807) is 29.2 Å². The number of aryl methyl sites for hydroxylation is 2. The first-order valence-electron chi connectivity index (χ1n) is 9.90. The van der Waals surface area contributed by atoms with Crippen molar-refractivity contribution in [3.8, 4) is 5.75 Å². The molecule has 1 saturated heterocycles. The molecule has 1 heterocycles. The number of carbonyl (C=O) groups is 1. The van der Waals surface area contributed by atoms with Gasteiger partial charge in [-0.15, -0.1) is 0 Å². The summed E-state index contributed by atoms with van der Waals surface area (Å²) in [5, 5.41) is 0. The summed E-state index contributed by atoms with van der Waals surface area (Å²) < 4.78 is 33.0. The van der Waals surface area contributed by atoms with Crippen LogP contribution in [-0.4, -0.2) is 55.8 Å². The molecule has 0 bridgehead atoms. The van der Waals surface area contributed by atoms with Gasteiger partial charge in [-0.3, -0.25) is 4.79 Å². The van der Waals surface area contributed by atoms with Crippen molar-refractivity contribution >= 4 is 15.9 Å². The average molecular weight is 417 g/mol. The third-order valence-electron chi connectivity index (χ3n) is 5.15. The largest absolute Gasteiger partial charge is 0.481 e. The molecule has 29 heavy (non-hydrogen) atoms. The number of hydrogen-bond acceptors (Lipinski definition) is 4. The molecule has 1 atom stereocenters. The van der Waals surface area contributed by atoms with Crippen LogP contribution in [0, 0.1) is 13.8 Å². The number of sulfonamides is 1. The quantitative estimate of drug-likeness (QED) is 0.726. The summed E-state index contributed by atoms with van der Waals surface area (Å²) in [5.74, 6) is 0.567. The zero-order chi connectivity index (χ0) is 21.0. The number of rotatable bonds is 6. The van der Waals surface area contributed by atoms with Crippen LogP contribution in [-0.2, 0) is 14.8 Å². The lowest BCUT2D eigenvalue weighted by atomic mass is 10.2. The number of piperazine rings is 1. The minimum atomic E-state index is -3.54. The molecular formula is C22H28N2O4S. The maximum atomic E-state index is 12.9. The van der Waals surface area contributed by atoms with E-state index in [4.69, 9.17) is 4.74 Å². The topological polar surface area (TPSA) is 66.9 Å². The molecule has 0 spiro atoms. The van der Waals surface area contributed by atoms with E-state index < -0.39 is 16.1 Å². The van der Waals surface area contributed by atoms with Crippen molar-refractivity contribution in [1.29, 1.82) is 0 Å². The summed E-state index contributed by atoms with van der Waals surface area (Å²) in [4.78, 5) is 14.9. The predicted molar refractivity (Wildman–Crippen MR) is 112 cm³/mol. The van der Waals surface area contributed by atoms with Crippen molar-refractivity contribution in [2.24, 2.45) is 0 Å². The molecule has 7 heteroatoms. The Morgan fingerprint density at radius 3 is 1.97 bits per heavy atom. The molecule has 0 saturated carbocycles. The highest BCUT2D eigenvalue weighted by Crippen LogP contribution is 2.20. The van der Waals surface area contributed by atoms with Gasteiger partial charge >= 0.3 is 0 Å². The first-order valence-corrected chi connectivity index (χ1v) is 11.3. The minimum Gasteiger partial charge on any atom is -0.481 e. The van der Waals surface area contributed by atoms with Crippen LogP contribution in [0.2, 0.25) is 0 Å². The van der Waals surface area contributed by atoms with E-state index in [1.165, 1.54) is 4.31 Å². The highest BCUT2D eigenvalue weighted by Gasteiger charge is 2.32. The Bertz CT molecular complexity index is 932. The Morgan fingerprint density at radius 1 is 0.931 bits per heavy atom. The number of benzene rings is 2. The second-order valence-corrected chi connectivity index (χ2v) is 9.31. The Kier molecular flexibility index (Phi) is 6.59. The van der Waals surface area contributed by atoms with Crippen molar-refractivity contribution < 1.29 is 17.9 Å². The fourth-order valence-corrected chi connectivity index (χ4v) is 4.72. The van der Waals surface area contributed by atoms with Gasteiger partial charge < -0.3 is 9.64 Å². The summed E-state index contributed by atoms with van der Waals surface area (Å²) in [6.07, 6.45) is -0.0211. The molecular weight excluding hydrogens is 388 g/mol. The Hall–Kier alpha value is -2.38. The fraction of sp³-hybridized carbons (Fsp3) is 0.409. The number of ether oxygens (including phenoxy) is 1. The molecule has 1 aliphatic rings. The summed E-state index contributed by atoms with van der Waals surface area (Å²) in [6.45, 7) is 7.11. The molecule has 0 N–H and O–H groups in total. The van der Waals surface area contributed by atoms with E-state index in [0.717, 1.165) is 11.1 Å². The van der Waals surface area contributed by atoms with Crippen LogP contribution in [0.25, 0.3) is 0 Å². The molecule has 0 aromatic heterocycles. The minimum absolute atomic E-state index is 0.0968. The number of nitrogens with zero attached hydrogens (tertiary/aromatic N) is 2. The Morgan fingerprint density at radius 2 is 1.45 bits per heavy atom. The van der Waals surface area contributed by atoms with E-state index in [-0.39, 0.29) is 23.9 Å². The normalized spacial score (nSPS) is 16.4. The molecule has 1 fully saturated rings. The molecule has 3 rings (SSSR count). The number of hydrogen-bond donors (Lipinski definition) is 0. The van der Waals surface area contributed by atoms with Gasteiger partial charge in [-0.25, -0.2) is 8.42 Å². The first-order chi connectivity index (χ1) is 13.8. The van der Waals surface area contributed by atoms with Crippen LogP contribution in [0.4, 0.5) is 0 Å². The van der Waals surface area contributed by atoms with E-state index >= 15 is 0 Å². The van der Waals surface area contributed by atoms with E-state index in [1.807, 2.05) is 45.0 Å². The maximum Gasteiger partial charge on any atom is 0.263 e. The highest BCUT2D eigenvalue weighted by atomic mass is 32.2. The zero-order valence-electron chi connectivity index (χ0n) is 17.2. The van der Waals surface area contributed by atoms with Crippen molar-refractivity contribution in [3.63, 3.8) is 0 Å². The summed E-state index contributed by atoms with van der Waals surface area (Å²) in [6, 6.07) is 14.5. The van der Waals surface area contributed by atoms with Gasteiger partial charge in [-0.2, -0.15) is 4.31 Å². The number of amides is 1. The van der Waals surface area contributed by atoms with Gasteiger partial charge in [0.25, 0.3) is 5.91 Å². The van der Waals surface area contributed by atoms with Crippen molar-refractivity contribution in [3.05, 3.63) is 59.7 Å². The molecule has 0 unspecified atom stereocenters. The van der Waals surface area contributed by atoms with Crippen LogP contribution in [0.15, 0.2) is 53.4 Å². The Labute approximate surface area is 173 Å². The predicted octanol–water partition coefficient (Wildman–Crippen LogP) is 2.99. The van der Waals surface area contributed by atoms with Gasteiger partial charge in [0.1, 0.15) is 5.75 Å². The Balaban J connectivity index is 1.62. The molecule has 0 radical (unpaired) electrons. The zero-order valence-corrected chi connectivity index (χ0v) is 18.0. The molecule has 1 aliphatic heterocycles. The lowest BCUT2D eigenvalue weighted by molar-refractivity contribution is -0.140. The van der Waals surface area contributed by atoms with Crippen molar-refractivity contribution in [2.75, 3.05) is 26.2 Å². The molecule has 2 aromatic carbocycles. The smallest absolute Gasteiger partial charge is 0.263 e. The monoisotopic (exact) mass is 416 g/mol. The molecule has 0 aliphatic carbocycles. The van der Waals surface area contributed by atoms with Gasteiger partial charge in [-0.1, -0.05) is 42.3 Å². The fourth-order valence-electron chi connectivity index (χ4n) is 3.30. The molecule has 6 nitrogen and oxygen atoms in total. The van der Waals surface area contributed by atoms with Crippen molar-refractivity contribution in [2.45, 2.75) is 38.2 Å². The lowest BCUT2D eigenvalue weighted by Crippen LogP contribution is -2.53. The molecule has 2 aromatic rings. The third-order valence-corrected chi connectivity index (χ3v) is 7.07. The van der Waals surface area contributed by atoms with Crippen LogP contribution in [0.1, 0.15) is 24.5 Å². The summed E-state index contributed by atoms with van der Waals surface area (Å²) in [7, 11) is -3.54. The third kappa shape index (κ3) is 4.97. The van der Waals surface area contributed by atoms with Gasteiger partial charge in [0.2, 0.25) is 10.0 Å². The highest BCUT2D eigenvalue weighted by molar-refractivity contribution is 7.89. The van der Waals surface area contributed by atoms with Crippen molar-refractivity contribution in [1.82, 2.24) is 9.21 Å². The SMILES string of the molecule is CC[C@@H](Oc1ccc(C)cc1)C(=O)N1CCN(S(=O)(=O)c2ccc(C)cc2)CC1. The molecule has 1 amide bonds. The second kappa shape index (κ2) is 8.97. The standard InChI is InChI=1S/C22H28N2O4S/c1-4-21(28-19-9-5-17(2)6-10-19)22(25)23-13-15-24(16-14-23)29(26,27)20-11-7-18(3)8-12-20/h5-12,21H,4,13-16H2,1-3H3/t21-/m1/s1. The summed E-state index contributed by atoms with van der Waals surface area (Å²) >= 11 is 0. The van der Waals surface area contributed by atoms with Gasteiger partial charge in [0.15, 0.2) is 6.10 Å². The van der Waals surface area contributed by atoms with Gasteiger partial charge in [0, 0.05) is 26.2 Å². The van der Waals surface area contributed by atoms with Gasteiger partial charge in [-0.05, 0) is 44.5 Å². The second-order valence-electron chi connectivity index (χ2n) is 7.37. The maximum absolute atomic E-state index is 12.9. The van der Waals surface area contributed by atoms with E-state index in [9.17, 15) is 13.2 Å². The van der Waals surface area contributed by atoms with Crippen LogP contribution in [0.5, 0.6) is 5.75 Å². The average Bonchev–Trinajstić information content (AvgIpc) is 2.73. The lowest BCUT2D eigenvalue weighted by Gasteiger charge is -2.35.